The molecule has 1 aliphatic heterocycles. The monoisotopic (exact) mass is 1040 g/mol. The van der Waals surface area contributed by atoms with E-state index in [1.165, 1.54) is 0 Å². The van der Waals surface area contributed by atoms with Crippen molar-refractivity contribution in [1.82, 2.24) is 10.6 Å². The molecule has 0 radical (unpaired) electrons. The topological polar surface area (TPSA) is 152 Å². The minimum Gasteiger partial charge on any atom is -0.445 e. The molecule has 1 heterocycles. The van der Waals surface area contributed by atoms with E-state index >= 15 is 0 Å². The lowest BCUT2D eigenvalue weighted by Crippen LogP contribution is -2.62. The molecule has 6 aromatic carbocycles. The highest BCUT2D eigenvalue weighted by molar-refractivity contribution is 5.76. The summed E-state index contributed by atoms with van der Waals surface area (Å²) in [5.41, 5.74) is 5.75. The quantitative estimate of drug-likeness (QED) is 0.0338. The highest BCUT2D eigenvalue weighted by Gasteiger charge is 2.49. The largest absolute Gasteiger partial charge is 0.445 e. The van der Waals surface area contributed by atoms with Crippen LogP contribution in [0.1, 0.15) is 85.3 Å². The van der Waals surface area contributed by atoms with Crippen molar-refractivity contribution in [3.8, 4) is 0 Å². The first-order chi connectivity index (χ1) is 37.4. The summed E-state index contributed by atoms with van der Waals surface area (Å²) in [4.78, 5) is 26.2. The van der Waals surface area contributed by atoms with Gasteiger partial charge < -0.3 is 53.6 Å². The van der Waals surface area contributed by atoms with Crippen molar-refractivity contribution in [2.24, 2.45) is 0 Å². The van der Waals surface area contributed by atoms with Crippen molar-refractivity contribution < 1.29 is 52.6 Å². The molecular weight excluding hydrogens is 961 g/mol. The number of alkyl carbamates (subject to hydrolysis) is 1. The van der Waals surface area contributed by atoms with Crippen molar-refractivity contribution in [2.45, 2.75) is 140 Å². The Hall–Kier alpha value is -6.26. The Morgan fingerprint density at radius 1 is 0.526 bits per heavy atom. The third-order valence-corrected chi connectivity index (χ3v) is 13.2. The summed E-state index contributed by atoms with van der Waals surface area (Å²) in [6, 6.07) is 58.3. The predicted octanol–water partition coefficient (Wildman–Crippen LogP) is 10.8. The van der Waals surface area contributed by atoms with Crippen molar-refractivity contribution in [3.63, 3.8) is 0 Å². The molecule has 6 aromatic rings. The average Bonchev–Trinajstić information content (AvgIpc) is 3.47. The molecule has 0 aromatic heterocycles. The summed E-state index contributed by atoms with van der Waals surface area (Å²) in [6.45, 7) is 3.94. The van der Waals surface area contributed by atoms with Crippen LogP contribution in [0.25, 0.3) is 0 Å². The zero-order chi connectivity index (χ0) is 52.8. The smallest absolute Gasteiger partial charge is 0.407 e. The van der Waals surface area contributed by atoms with E-state index in [2.05, 4.69) is 10.6 Å². The van der Waals surface area contributed by atoms with Gasteiger partial charge in [-0.1, -0.05) is 208 Å². The number of hydrogen-bond acceptors (Lipinski definition) is 11. The maximum Gasteiger partial charge on any atom is 0.407 e. The lowest BCUT2D eigenvalue weighted by molar-refractivity contribution is -0.330. The zero-order valence-corrected chi connectivity index (χ0v) is 43.8. The Labute approximate surface area is 449 Å². The van der Waals surface area contributed by atoms with Gasteiger partial charge >= 0.3 is 6.09 Å². The van der Waals surface area contributed by atoms with Gasteiger partial charge in [0, 0.05) is 13.0 Å². The number of rotatable bonds is 33. The van der Waals surface area contributed by atoms with Crippen molar-refractivity contribution in [2.75, 3.05) is 19.8 Å². The average molecular weight is 1040 g/mol. The summed E-state index contributed by atoms with van der Waals surface area (Å²) in [5, 5.41) is 17.7. The summed E-state index contributed by atoms with van der Waals surface area (Å²) >= 11 is 0. The fourth-order valence-corrected chi connectivity index (χ4v) is 8.98. The van der Waals surface area contributed by atoms with Gasteiger partial charge in [0.25, 0.3) is 0 Å². The van der Waals surface area contributed by atoms with E-state index in [-0.39, 0.29) is 58.6 Å². The molecule has 1 fully saturated rings. The van der Waals surface area contributed by atoms with Gasteiger partial charge in [0.1, 0.15) is 37.1 Å². The molecule has 0 aliphatic carbocycles. The lowest BCUT2D eigenvalue weighted by atomic mass is 9.97. The number of ether oxygens (including phenoxy) is 8. The molecule has 0 spiro atoms. The first kappa shape index (κ1) is 57.4. The van der Waals surface area contributed by atoms with Crippen LogP contribution in [0, 0.1) is 0 Å². The van der Waals surface area contributed by atoms with Gasteiger partial charge in [-0.3, -0.25) is 4.79 Å². The van der Waals surface area contributed by atoms with E-state index in [1.807, 2.05) is 189 Å². The molecule has 76 heavy (non-hydrogen) atoms. The van der Waals surface area contributed by atoms with Gasteiger partial charge in [0.05, 0.1) is 58.4 Å². The Morgan fingerprint density at radius 2 is 0.974 bits per heavy atom. The molecule has 8 atom stereocenters. The number of carbonyl (C=O) groups excluding carboxylic acids is 2. The highest BCUT2D eigenvalue weighted by atomic mass is 16.7. The Kier molecular flexibility index (Phi) is 25.0. The molecule has 2 amide bonds. The fraction of sp³-hybridized carbons (Fsp3) is 0.397. The van der Waals surface area contributed by atoms with Crippen molar-refractivity contribution in [3.05, 3.63) is 215 Å². The summed E-state index contributed by atoms with van der Waals surface area (Å²) in [7, 11) is 0. The molecule has 3 N–H and O–H groups in total. The van der Waals surface area contributed by atoms with Gasteiger partial charge in [-0.25, -0.2) is 4.79 Å². The highest BCUT2D eigenvalue weighted by Crippen LogP contribution is 2.32. The van der Waals surface area contributed by atoms with Gasteiger partial charge in [-0.2, -0.15) is 0 Å². The van der Waals surface area contributed by atoms with E-state index in [9.17, 15) is 14.7 Å². The first-order valence-electron chi connectivity index (χ1n) is 26.8. The Morgan fingerprint density at radius 3 is 1.50 bits per heavy atom. The Balaban J connectivity index is 1.08. The SMILES string of the molecule is CC[C@@H](O)[C@@H](OCc1ccccc1)[C@H](CO[C@H]1OC(COCc2ccccc2)[C@H](OCc2ccccc2)[C@H](OCc2ccccc2)C1OCc1ccccc1)NC(=O)CCCCCCCNC(=O)OCc1ccccc1. The van der Waals surface area contributed by atoms with Crippen molar-refractivity contribution in [1.29, 1.82) is 0 Å². The van der Waals surface area contributed by atoms with Gasteiger partial charge in [0.2, 0.25) is 5.91 Å². The van der Waals surface area contributed by atoms with Crippen LogP contribution < -0.4 is 10.6 Å². The van der Waals surface area contributed by atoms with Crippen LogP contribution in [0.2, 0.25) is 0 Å². The number of carbonyl (C=O) groups is 2. The van der Waals surface area contributed by atoms with E-state index in [0.29, 0.717) is 26.0 Å². The number of benzene rings is 6. The summed E-state index contributed by atoms with van der Waals surface area (Å²) in [6.07, 6.45) is -1.60. The van der Waals surface area contributed by atoms with E-state index < -0.39 is 55.0 Å². The third-order valence-electron chi connectivity index (χ3n) is 13.2. The molecular formula is C63H76N2O11. The lowest BCUT2D eigenvalue weighted by Gasteiger charge is -2.46. The maximum absolute atomic E-state index is 14.0. The predicted molar refractivity (Wildman–Crippen MR) is 291 cm³/mol. The molecule has 1 aliphatic rings. The van der Waals surface area contributed by atoms with Crippen LogP contribution in [-0.2, 0) is 82.3 Å². The standard InChI is InChI=1S/C63H76N2O11/c1-2-55(66)58(70-41-49-28-14-7-15-29-49)54(65-57(67)38-24-4-3-5-25-39-64-63(68)75-45-53-36-22-11-23-37-53)46-74-62-61(73-44-52-34-20-10-21-35-52)60(72-43-51-32-18-9-19-33-51)59(71-42-50-30-16-8-17-31-50)56(76-62)47-69-40-48-26-12-6-13-27-48/h6-23,26-37,54-56,58-62,66H,2-5,24-25,38-47H2,1H3,(H,64,68)(H,65,67)/t54-,55+,56?,58-,59-,60-,61?,62-/m0/s1. The third kappa shape index (κ3) is 20.0. The first-order valence-corrected chi connectivity index (χ1v) is 26.8. The van der Waals surface area contributed by atoms with Crippen LogP contribution >= 0.6 is 0 Å². The molecule has 0 saturated carbocycles. The molecule has 1 saturated heterocycles. The fourth-order valence-electron chi connectivity index (χ4n) is 8.98. The molecule has 0 bridgehead atoms. The van der Waals surface area contributed by atoms with Gasteiger partial charge in [0.15, 0.2) is 6.29 Å². The zero-order valence-electron chi connectivity index (χ0n) is 43.8. The number of aliphatic hydroxyl groups excluding tert-OH is 1. The number of aliphatic hydroxyl groups is 1. The number of unbranched alkanes of at least 4 members (excludes halogenated alkanes) is 4. The van der Waals surface area contributed by atoms with E-state index in [1.54, 1.807) is 0 Å². The summed E-state index contributed by atoms with van der Waals surface area (Å²) < 4.78 is 52.9. The van der Waals surface area contributed by atoms with Gasteiger partial charge in [-0.05, 0) is 52.6 Å². The molecule has 404 valence electrons. The van der Waals surface area contributed by atoms with Crippen LogP contribution in [0.3, 0.4) is 0 Å². The normalized spacial score (nSPS) is 18.5. The van der Waals surface area contributed by atoms with Crippen LogP contribution in [0.15, 0.2) is 182 Å². The van der Waals surface area contributed by atoms with Crippen LogP contribution in [-0.4, -0.2) is 85.8 Å². The number of nitrogens with one attached hydrogen (secondary N) is 2. The number of hydrogen-bond donors (Lipinski definition) is 3. The second kappa shape index (κ2) is 33.0. The molecule has 2 unspecified atom stereocenters. The van der Waals surface area contributed by atoms with Crippen molar-refractivity contribution >= 4 is 12.0 Å². The maximum atomic E-state index is 14.0. The summed E-state index contributed by atoms with van der Waals surface area (Å²) in [5.74, 6) is -0.194. The van der Waals surface area contributed by atoms with Crippen LogP contribution in [0.5, 0.6) is 0 Å². The molecule has 13 nitrogen and oxygen atoms in total. The molecule has 13 heteroatoms. The second-order valence-corrected chi connectivity index (χ2v) is 19.1. The van der Waals surface area contributed by atoms with E-state index in [0.717, 1.165) is 59.1 Å². The van der Waals surface area contributed by atoms with E-state index in [4.69, 9.17) is 37.9 Å². The minimum absolute atomic E-state index is 0.0998. The second-order valence-electron chi connectivity index (χ2n) is 19.1. The minimum atomic E-state index is -1.06. The number of amides is 2. The Bertz CT molecular complexity index is 2480. The van der Waals surface area contributed by atoms with Crippen LogP contribution in [0.4, 0.5) is 4.79 Å². The molecule has 7 rings (SSSR count). The van der Waals surface area contributed by atoms with Gasteiger partial charge in [-0.15, -0.1) is 0 Å².